The van der Waals surface area contributed by atoms with Gasteiger partial charge in [-0.05, 0) is 49.4 Å². The number of benzene rings is 1. The predicted molar refractivity (Wildman–Crippen MR) is 84.3 cm³/mol. The number of carbonyl (C=O) groups is 1. The van der Waals surface area contributed by atoms with Crippen molar-refractivity contribution in [2.24, 2.45) is 11.7 Å². The van der Waals surface area contributed by atoms with E-state index in [9.17, 15) is 13.6 Å². The highest BCUT2D eigenvalue weighted by molar-refractivity contribution is 5.76. The minimum Gasteiger partial charge on any atom is -0.435 e. The molecule has 23 heavy (non-hydrogen) atoms. The maximum atomic E-state index is 12.1. The maximum Gasteiger partial charge on any atom is 0.387 e. The van der Waals surface area contributed by atoms with Gasteiger partial charge in [-0.1, -0.05) is 25.0 Å². The fraction of sp³-hybridized carbons (Fsp3) is 0.588. The summed E-state index contributed by atoms with van der Waals surface area (Å²) in [6, 6.07) is 6.57. The van der Waals surface area contributed by atoms with Crippen molar-refractivity contribution in [3.8, 4) is 5.75 Å². The van der Waals surface area contributed by atoms with Gasteiger partial charge in [0.25, 0.3) is 0 Å². The van der Waals surface area contributed by atoms with Gasteiger partial charge in [0.1, 0.15) is 5.75 Å². The first-order valence-electron chi connectivity index (χ1n) is 8.11. The second kappa shape index (κ2) is 8.82. The highest BCUT2D eigenvalue weighted by Gasteiger charge is 2.25. The second-order valence-corrected chi connectivity index (χ2v) is 5.98. The Hall–Kier alpha value is -1.69. The molecule has 2 atom stereocenters. The minimum absolute atomic E-state index is 0.0169. The number of carbonyl (C=O) groups excluding carboxylic acids is 1. The van der Waals surface area contributed by atoms with Crippen molar-refractivity contribution in [2.45, 2.75) is 51.2 Å². The van der Waals surface area contributed by atoms with Crippen molar-refractivity contribution < 1.29 is 18.3 Å². The fourth-order valence-corrected chi connectivity index (χ4v) is 3.05. The van der Waals surface area contributed by atoms with Crippen molar-refractivity contribution >= 4 is 5.91 Å². The zero-order valence-electron chi connectivity index (χ0n) is 13.1. The average molecular weight is 326 g/mol. The lowest BCUT2D eigenvalue weighted by Gasteiger charge is -2.31. The van der Waals surface area contributed by atoms with Gasteiger partial charge in [0.15, 0.2) is 0 Å². The van der Waals surface area contributed by atoms with Crippen LogP contribution in [0.3, 0.4) is 0 Å². The van der Waals surface area contributed by atoms with Gasteiger partial charge in [0.05, 0.1) is 0 Å². The number of hydrogen-bond acceptors (Lipinski definition) is 3. The SMILES string of the molecule is NCC1CCCCC1NC(=O)CCc1ccc(OC(F)F)cc1. The van der Waals surface area contributed by atoms with Gasteiger partial charge < -0.3 is 15.8 Å². The summed E-state index contributed by atoms with van der Waals surface area (Å²) in [6.45, 7) is -2.21. The molecule has 2 rings (SSSR count). The summed E-state index contributed by atoms with van der Waals surface area (Å²) in [7, 11) is 0. The molecule has 128 valence electrons. The number of nitrogens with one attached hydrogen (secondary N) is 1. The molecular weight excluding hydrogens is 302 g/mol. The molecule has 0 heterocycles. The van der Waals surface area contributed by atoms with Crippen LogP contribution in [0.15, 0.2) is 24.3 Å². The molecule has 0 aliphatic heterocycles. The van der Waals surface area contributed by atoms with Crippen LogP contribution in [-0.2, 0) is 11.2 Å². The van der Waals surface area contributed by atoms with E-state index < -0.39 is 6.61 Å². The van der Waals surface area contributed by atoms with E-state index in [-0.39, 0.29) is 17.7 Å². The monoisotopic (exact) mass is 326 g/mol. The highest BCUT2D eigenvalue weighted by Crippen LogP contribution is 2.23. The predicted octanol–water partition coefficient (Wildman–Crippen LogP) is 2.85. The molecule has 1 fully saturated rings. The molecule has 6 heteroatoms. The molecule has 0 aromatic heterocycles. The summed E-state index contributed by atoms with van der Waals surface area (Å²) in [5.41, 5.74) is 6.68. The summed E-state index contributed by atoms with van der Waals surface area (Å²) in [4.78, 5) is 12.1. The van der Waals surface area contributed by atoms with Crippen LogP contribution in [0.25, 0.3) is 0 Å². The number of alkyl halides is 2. The topological polar surface area (TPSA) is 64.3 Å². The normalized spacial score (nSPS) is 21.2. The molecule has 1 aliphatic rings. The molecule has 2 unspecified atom stereocenters. The zero-order valence-corrected chi connectivity index (χ0v) is 13.1. The standard InChI is InChI=1S/C17H24F2N2O2/c18-17(19)23-14-8-5-12(6-9-14)7-10-16(22)21-15-4-2-1-3-13(15)11-20/h5-6,8-9,13,15,17H,1-4,7,10-11,20H2,(H,21,22). The van der Waals surface area contributed by atoms with Crippen molar-refractivity contribution in [3.05, 3.63) is 29.8 Å². The second-order valence-electron chi connectivity index (χ2n) is 5.98. The maximum absolute atomic E-state index is 12.1. The number of amides is 1. The van der Waals surface area contributed by atoms with Crippen LogP contribution in [0.1, 0.15) is 37.7 Å². The Labute approximate surface area is 135 Å². The molecule has 1 aromatic carbocycles. The van der Waals surface area contributed by atoms with Crippen LogP contribution in [0.2, 0.25) is 0 Å². The lowest BCUT2D eigenvalue weighted by molar-refractivity contribution is -0.122. The van der Waals surface area contributed by atoms with E-state index in [1.54, 1.807) is 12.1 Å². The Morgan fingerprint density at radius 2 is 1.96 bits per heavy atom. The quantitative estimate of drug-likeness (QED) is 0.810. The summed E-state index contributed by atoms with van der Waals surface area (Å²) >= 11 is 0. The van der Waals surface area contributed by atoms with Crippen LogP contribution in [0.4, 0.5) is 8.78 Å². The molecular formula is C17H24F2N2O2. The lowest BCUT2D eigenvalue weighted by atomic mass is 9.84. The average Bonchev–Trinajstić information content (AvgIpc) is 2.54. The van der Waals surface area contributed by atoms with E-state index in [1.165, 1.54) is 18.6 Å². The van der Waals surface area contributed by atoms with E-state index in [4.69, 9.17) is 5.73 Å². The van der Waals surface area contributed by atoms with Crippen LogP contribution in [0.5, 0.6) is 5.75 Å². The van der Waals surface area contributed by atoms with Gasteiger partial charge in [-0.15, -0.1) is 0 Å². The Kier molecular flexibility index (Phi) is 6.77. The van der Waals surface area contributed by atoms with E-state index >= 15 is 0 Å². The third-order valence-electron chi connectivity index (χ3n) is 4.35. The lowest BCUT2D eigenvalue weighted by Crippen LogP contribution is -2.44. The van der Waals surface area contributed by atoms with E-state index in [0.717, 1.165) is 24.8 Å². The Balaban J connectivity index is 1.77. The highest BCUT2D eigenvalue weighted by atomic mass is 19.3. The van der Waals surface area contributed by atoms with E-state index in [0.29, 0.717) is 25.3 Å². The Morgan fingerprint density at radius 1 is 1.26 bits per heavy atom. The summed E-state index contributed by atoms with van der Waals surface area (Å²) < 4.78 is 28.4. The Bertz CT molecular complexity index is 494. The van der Waals surface area contributed by atoms with Gasteiger partial charge in [0.2, 0.25) is 5.91 Å². The third-order valence-corrected chi connectivity index (χ3v) is 4.35. The largest absolute Gasteiger partial charge is 0.435 e. The van der Waals surface area contributed by atoms with Gasteiger partial charge in [-0.3, -0.25) is 4.79 Å². The Morgan fingerprint density at radius 3 is 2.61 bits per heavy atom. The van der Waals surface area contributed by atoms with Gasteiger partial charge in [-0.25, -0.2) is 0 Å². The van der Waals surface area contributed by atoms with Crippen LogP contribution >= 0.6 is 0 Å². The molecule has 3 N–H and O–H groups in total. The molecule has 0 spiro atoms. The summed E-state index contributed by atoms with van der Waals surface area (Å²) in [5, 5.41) is 3.08. The minimum atomic E-state index is -2.82. The van der Waals surface area contributed by atoms with Crippen molar-refractivity contribution in [1.29, 1.82) is 0 Å². The van der Waals surface area contributed by atoms with Crippen molar-refractivity contribution in [2.75, 3.05) is 6.54 Å². The summed E-state index contributed by atoms with van der Waals surface area (Å²) in [6.07, 6.45) is 5.33. The van der Waals surface area contributed by atoms with Crippen molar-refractivity contribution in [1.82, 2.24) is 5.32 Å². The van der Waals surface area contributed by atoms with Crippen molar-refractivity contribution in [3.63, 3.8) is 0 Å². The number of halogens is 2. The molecule has 1 aliphatic carbocycles. The number of hydrogen-bond donors (Lipinski definition) is 2. The number of nitrogens with two attached hydrogens (primary N) is 1. The van der Waals surface area contributed by atoms with Gasteiger partial charge in [-0.2, -0.15) is 8.78 Å². The number of ether oxygens (including phenoxy) is 1. The van der Waals surface area contributed by atoms with Gasteiger partial charge in [0, 0.05) is 12.5 Å². The number of aryl methyl sites for hydroxylation is 1. The van der Waals surface area contributed by atoms with Gasteiger partial charge >= 0.3 is 6.61 Å². The zero-order chi connectivity index (χ0) is 16.7. The first-order valence-corrected chi connectivity index (χ1v) is 8.11. The molecule has 1 amide bonds. The smallest absolute Gasteiger partial charge is 0.387 e. The van der Waals surface area contributed by atoms with Crippen LogP contribution in [0, 0.1) is 5.92 Å². The summed E-state index contributed by atoms with van der Waals surface area (Å²) in [5.74, 6) is 0.517. The molecule has 1 saturated carbocycles. The van der Waals surface area contributed by atoms with Crippen LogP contribution < -0.4 is 15.8 Å². The first-order chi connectivity index (χ1) is 11.1. The molecule has 0 saturated heterocycles. The molecule has 0 bridgehead atoms. The molecule has 4 nitrogen and oxygen atoms in total. The van der Waals surface area contributed by atoms with E-state index in [1.807, 2.05) is 0 Å². The number of rotatable bonds is 7. The fourth-order valence-electron chi connectivity index (χ4n) is 3.05. The van der Waals surface area contributed by atoms with Crippen LogP contribution in [-0.4, -0.2) is 25.1 Å². The first kappa shape index (κ1) is 17.7. The molecule has 1 aromatic rings. The molecule has 0 radical (unpaired) electrons. The van der Waals surface area contributed by atoms with E-state index in [2.05, 4.69) is 10.1 Å². The third kappa shape index (κ3) is 5.78.